The molecule has 0 aliphatic heterocycles. The fourth-order valence-corrected chi connectivity index (χ4v) is 4.18. The molecule has 0 aromatic heterocycles. The van der Waals surface area contributed by atoms with Crippen molar-refractivity contribution in [1.82, 2.24) is 5.32 Å². The van der Waals surface area contributed by atoms with Gasteiger partial charge in [-0.2, -0.15) is 0 Å². The first-order valence-corrected chi connectivity index (χ1v) is 11.7. The molecule has 34 heavy (non-hydrogen) atoms. The monoisotopic (exact) mass is 463 g/mol. The van der Waals surface area contributed by atoms with Gasteiger partial charge in [-0.25, -0.2) is 4.79 Å². The summed E-state index contributed by atoms with van der Waals surface area (Å²) in [6, 6.07) is 16.6. The van der Waals surface area contributed by atoms with Crippen LogP contribution in [-0.4, -0.2) is 47.1 Å². The largest absolute Gasteiger partial charge is 0.478 e. The number of aliphatic carboxylic acids is 1. The van der Waals surface area contributed by atoms with Gasteiger partial charge in [0.05, 0.1) is 24.3 Å². The predicted octanol–water partition coefficient (Wildman–Crippen LogP) is 3.92. The maximum Gasteiger partial charge on any atom is 0.331 e. The minimum atomic E-state index is -1.02. The lowest BCUT2D eigenvalue weighted by molar-refractivity contribution is -0.133. The first-order valence-electron chi connectivity index (χ1n) is 11.7. The summed E-state index contributed by atoms with van der Waals surface area (Å²) in [5.74, 6) is -0.973. The van der Waals surface area contributed by atoms with Crippen LogP contribution in [0.1, 0.15) is 45.6 Å². The molecule has 1 aliphatic carbocycles. The minimum absolute atomic E-state index is 0.0573. The SMILES string of the molecule is CCC(CC)O[C@@H]1C=C(C(=O)O)C[C@H](/N=C(\N)c2ccc(-c3ccccc3)cc2)[C@H]1NC(C)=O. The first-order chi connectivity index (χ1) is 16.3. The molecule has 0 radical (unpaired) electrons. The van der Waals surface area contributed by atoms with Crippen molar-refractivity contribution in [1.29, 1.82) is 0 Å². The van der Waals surface area contributed by atoms with E-state index in [1.54, 1.807) is 6.08 Å². The van der Waals surface area contributed by atoms with E-state index in [9.17, 15) is 14.7 Å². The van der Waals surface area contributed by atoms with Crippen LogP contribution in [0.3, 0.4) is 0 Å². The molecule has 4 N–H and O–H groups in total. The molecule has 0 bridgehead atoms. The molecule has 0 saturated carbocycles. The number of nitrogens with one attached hydrogen (secondary N) is 1. The Morgan fingerprint density at radius 1 is 1.09 bits per heavy atom. The molecule has 1 amide bonds. The zero-order chi connectivity index (χ0) is 24.7. The molecule has 7 nitrogen and oxygen atoms in total. The van der Waals surface area contributed by atoms with Crippen molar-refractivity contribution in [3.63, 3.8) is 0 Å². The van der Waals surface area contributed by atoms with Gasteiger partial charge in [-0.05, 0) is 30.0 Å². The van der Waals surface area contributed by atoms with E-state index in [0.29, 0.717) is 0 Å². The Hall–Kier alpha value is -3.45. The summed E-state index contributed by atoms with van der Waals surface area (Å²) in [4.78, 5) is 28.5. The molecule has 0 unspecified atom stereocenters. The van der Waals surface area contributed by atoms with Gasteiger partial charge in [0.2, 0.25) is 5.91 Å². The summed E-state index contributed by atoms with van der Waals surface area (Å²) in [6.07, 6.45) is 2.62. The molecule has 3 rings (SSSR count). The van der Waals surface area contributed by atoms with Crippen LogP contribution < -0.4 is 11.1 Å². The van der Waals surface area contributed by atoms with Gasteiger partial charge in [-0.15, -0.1) is 0 Å². The fourth-order valence-electron chi connectivity index (χ4n) is 4.18. The lowest BCUT2D eigenvalue weighted by atomic mass is 9.87. The first kappa shape index (κ1) is 25.2. The van der Waals surface area contributed by atoms with Crippen LogP contribution in [0.2, 0.25) is 0 Å². The highest BCUT2D eigenvalue weighted by Crippen LogP contribution is 2.27. The highest BCUT2D eigenvalue weighted by molar-refractivity contribution is 5.98. The quantitative estimate of drug-likeness (QED) is 0.385. The van der Waals surface area contributed by atoms with E-state index < -0.39 is 24.2 Å². The van der Waals surface area contributed by atoms with Gasteiger partial charge in [0, 0.05) is 24.5 Å². The molecule has 0 saturated heterocycles. The van der Waals surface area contributed by atoms with Gasteiger partial charge in [-0.1, -0.05) is 68.4 Å². The maximum atomic E-state index is 12.0. The van der Waals surface area contributed by atoms with Crippen molar-refractivity contribution < 1.29 is 19.4 Å². The van der Waals surface area contributed by atoms with Crippen LogP contribution in [0, 0.1) is 0 Å². The molecule has 2 aromatic carbocycles. The van der Waals surface area contributed by atoms with Crippen molar-refractivity contribution in [3.8, 4) is 11.1 Å². The van der Waals surface area contributed by atoms with Crippen LogP contribution in [0.25, 0.3) is 11.1 Å². The van der Waals surface area contributed by atoms with E-state index >= 15 is 0 Å². The number of amidine groups is 1. The Balaban J connectivity index is 1.91. The van der Waals surface area contributed by atoms with Crippen molar-refractivity contribution in [3.05, 3.63) is 71.8 Å². The third-order valence-electron chi connectivity index (χ3n) is 6.06. The number of ether oxygens (including phenoxy) is 1. The van der Waals surface area contributed by atoms with Crippen LogP contribution in [0.4, 0.5) is 0 Å². The van der Waals surface area contributed by atoms with Gasteiger partial charge < -0.3 is 20.9 Å². The number of nitrogens with two attached hydrogens (primary N) is 1. The zero-order valence-corrected chi connectivity index (χ0v) is 19.9. The number of amides is 1. The molecule has 7 heteroatoms. The Labute approximate surface area is 200 Å². The van der Waals surface area contributed by atoms with Gasteiger partial charge >= 0.3 is 5.97 Å². The molecule has 0 heterocycles. The van der Waals surface area contributed by atoms with Crippen molar-refractivity contribution >= 4 is 17.7 Å². The van der Waals surface area contributed by atoms with E-state index in [2.05, 4.69) is 10.3 Å². The average molecular weight is 464 g/mol. The van der Waals surface area contributed by atoms with E-state index in [0.717, 1.165) is 29.5 Å². The number of aliphatic imine (C=N–C) groups is 1. The second kappa shape index (κ2) is 11.6. The Morgan fingerprint density at radius 2 is 1.71 bits per heavy atom. The number of carbonyl (C=O) groups is 2. The molecule has 3 atom stereocenters. The molecule has 180 valence electrons. The third-order valence-corrected chi connectivity index (χ3v) is 6.06. The standard InChI is InChI=1S/C27H33N3O4/c1-4-22(5-2)34-24-16-21(27(32)33)15-23(25(24)29-17(3)31)30-26(28)20-13-11-19(12-14-20)18-9-7-6-8-10-18/h6-14,16,22-25H,4-5,15H2,1-3H3,(H2,28,30)(H,29,31)(H,32,33)/t23-,24+,25+/m0/s1. The smallest absolute Gasteiger partial charge is 0.331 e. The highest BCUT2D eigenvalue weighted by atomic mass is 16.5. The van der Waals surface area contributed by atoms with Crippen molar-refractivity contribution in [2.24, 2.45) is 10.7 Å². The lowest BCUT2D eigenvalue weighted by Crippen LogP contribution is -2.53. The second-order valence-corrected chi connectivity index (χ2v) is 8.49. The minimum Gasteiger partial charge on any atom is -0.478 e. The van der Waals surface area contributed by atoms with Crippen molar-refractivity contribution in [2.75, 3.05) is 0 Å². The topological polar surface area (TPSA) is 114 Å². The van der Waals surface area contributed by atoms with Gasteiger partial charge in [0.15, 0.2) is 0 Å². The van der Waals surface area contributed by atoms with Crippen LogP contribution in [0.5, 0.6) is 0 Å². The van der Waals surface area contributed by atoms with Crippen molar-refractivity contribution in [2.45, 2.75) is 64.3 Å². The highest BCUT2D eigenvalue weighted by Gasteiger charge is 2.37. The van der Waals surface area contributed by atoms with E-state index in [1.165, 1.54) is 6.92 Å². The predicted molar refractivity (Wildman–Crippen MR) is 134 cm³/mol. The Kier molecular flexibility index (Phi) is 8.60. The van der Waals surface area contributed by atoms with Gasteiger partial charge in [0.1, 0.15) is 5.84 Å². The zero-order valence-electron chi connectivity index (χ0n) is 19.9. The summed E-state index contributed by atoms with van der Waals surface area (Å²) < 4.78 is 6.20. The number of carboxylic acids is 1. The molecule has 1 aliphatic rings. The number of carboxylic acid groups (broad SMARTS) is 1. The molecule has 2 aromatic rings. The number of hydrogen-bond donors (Lipinski definition) is 3. The number of carbonyl (C=O) groups excluding carboxylic acids is 1. The number of benzene rings is 2. The normalized spacial score (nSPS) is 20.6. The summed E-state index contributed by atoms with van der Waals surface area (Å²) in [7, 11) is 0. The van der Waals surface area contributed by atoms with E-state index in [-0.39, 0.29) is 29.8 Å². The summed E-state index contributed by atoms with van der Waals surface area (Å²) in [5.41, 5.74) is 9.45. The molecule has 0 spiro atoms. The average Bonchev–Trinajstić information content (AvgIpc) is 2.84. The fraction of sp³-hybridized carbons (Fsp3) is 0.370. The maximum absolute atomic E-state index is 12.0. The number of nitrogens with zero attached hydrogens (tertiary/aromatic N) is 1. The van der Waals surface area contributed by atoms with E-state index in [1.807, 2.05) is 68.4 Å². The van der Waals surface area contributed by atoms with Crippen LogP contribution >= 0.6 is 0 Å². The third kappa shape index (κ3) is 6.32. The van der Waals surface area contributed by atoms with Crippen LogP contribution in [0.15, 0.2) is 71.2 Å². The number of rotatable bonds is 9. The Morgan fingerprint density at radius 3 is 2.26 bits per heavy atom. The van der Waals surface area contributed by atoms with E-state index in [4.69, 9.17) is 10.5 Å². The molecular weight excluding hydrogens is 430 g/mol. The summed E-state index contributed by atoms with van der Waals surface area (Å²) in [5, 5.41) is 12.6. The van der Waals surface area contributed by atoms with Gasteiger partial charge in [0.25, 0.3) is 0 Å². The lowest BCUT2D eigenvalue weighted by Gasteiger charge is -2.36. The van der Waals surface area contributed by atoms with Crippen LogP contribution in [-0.2, 0) is 14.3 Å². The molecule has 0 fully saturated rings. The summed E-state index contributed by atoms with van der Waals surface area (Å²) >= 11 is 0. The molecular formula is C27H33N3O4. The summed E-state index contributed by atoms with van der Waals surface area (Å²) in [6.45, 7) is 5.45. The van der Waals surface area contributed by atoms with Gasteiger partial charge in [-0.3, -0.25) is 9.79 Å². The number of hydrogen-bond acceptors (Lipinski definition) is 4. The Bertz CT molecular complexity index is 1040. The second-order valence-electron chi connectivity index (χ2n) is 8.49.